The van der Waals surface area contributed by atoms with E-state index in [1.54, 1.807) is 0 Å². The van der Waals surface area contributed by atoms with Gasteiger partial charge < -0.3 is 10.1 Å². The number of amides is 1. The minimum Gasteiger partial charge on any atom is -0.479 e. The molecule has 1 atom stereocenters. The van der Waals surface area contributed by atoms with E-state index >= 15 is 0 Å². The molecule has 0 radical (unpaired) electrons. The molecule has 0 spiro atoms. The normalized spacial score (nSPS) is 11.5. The summed E-state index contributed by atoms with van der Waals surface area (Å²) in [7, 11) is 0. The van der Waals surface area contributed by atoms with Gasteiger partial charge in [-0.15, -0.1) is 0 Å². The summed E-state index contributed by atoms with van der Waals surface area (Å²) < 4.78 is 5.42. The predicted molar refractivity (Wildman–Crippen MR) is 94.9 cm³/mol. The van der Waals surface area contributed by atoms with E-state index in [0.29, 0.717) is 5.02 Å². The Morgan fingerprint density at radius 1 is 1.12 bits per heavy atom. The lowest BCUT2D eigenvalue weighted by Crippen LogP contribution is -2.30. The summed E-state index contributed by atoms with van der Waals surface area (Å²) in [5.41, 5.74) is -1.26. The SMILES string of the molecule is CC(Oc1ccc(Cl)cc1Cl)C(=O)Nc1ccc([N+](=O)[O-])cc1[N+](=O)[O-]. The number of ether oxygens (including phenoxy) is 1. The van der Waals surface area contributed by atoms with E-state index < -0.39 is 33.2 Å². The topological polar surface area (TPSA) is 125 Å². The molecule has 0 heterocycles. The number of carbonyl (C=O) groups is 1. The molecule has 2 aromatic carbocycles. The first-order valence-corrected chi connectivity index (χ1v) is 7.80. The molecule has 1 amide bonds. The Kier molecular flexibility index (Phi) is 5.96. The highest BCUT2D eigenvalue weighted by atomic mass is 35.5. The Labute approximate surface area is 156 Å². The van der Waals surface area contributed by atoms with Crippen LogP contribution in [0.1, 0.15) is 6.92 Å². The van der Waals surface area contributed by atoms with E-state index in [9.17, 15) is 25.0 Å². The van der Waals surface area contributed by atoms with Gasteiger partial charge in [-0.3, -0.25) is 25.0 Å². The van der Waals surface area contributed by atoms with Crippen molar-refractivity contribution in [1.29, 1.82) is 0 Å². The highest BCUT2D eigenvalue weighted by Crippen LogP contribution is 2.30. The van der Waals surface area contributed by atoms with Gasteiger partial charge in [-0.05, 0) is 31.2 Å². The quantitative estimate of drug-likeness (QED) is 0.572. The highest BCUT2D eigenvalue weighted by molar-refractivity contribution is 6.35. The van der Waals surface area contributed by atoms with Crippen molar-refractivity contribution in [2.24, 2.45) is 0 Å². The summed E-state index contributed by atoms with van der Waals surface area (Å²) in [5.74, 6) is -0.495. The second kappa shape index (κ2) is 7.98. The third-order valence-electron chi connectivity index (χ3n) is 3.21. The Balaban J connectivity index is 2.18. The van der Waals surface area contributed by atoms with E-state index in [1.165, 1.54) is 25.1 Å². The maximum atomic E-state index is 12.2. The minimum atomic E-state index is -1.05. The van der Waals surface area contributed by atoms with Crippen molar-refractivity contribution in [2.75, 3.05) is 5.32 Å². The van der Waals surface area contributed by atoms with Gasteiger partial charge in [0.1, 0.15) is 11.4 Å². The van der Waals surface area contributed by atoms with E-state index in [1.807, 2.05) is 0 Å². The zero-order valence-electron chi connectivity index (χ0n) is 13.1. The standard InChI is InChI=1S/C15H11Cl2N3O6/c1-8(26-14-5-2-9(16)6-11(14)17)15(21)18-12-4-3-10(19(22)23)7-13(12)20(24)25/h2-8H,1H3,(H,18,21). The van der Waals surface area contributed by atoms with Crippen LogP contribution in [-0.2, 0) is 4.79 Å². The van der Waals surface area contributed by atoms with E-state index in [4.69, 9.17) is 27.9 Å². The summed E-state index contributed by atoms with van der Waals surface area (Å²) in [5, 5.41) is 24.7. The van der Waals surface area contributed by atoms with Crippen LogP contribution in [0.3, 0.4) is 0 Å². The number of anilines is 1. The molecule has 11 heteroatoms. The van der Waals surface area contributed by atoms with Crippen LogP contribution in [-0.4, -0.2) is 21.9 Å². The van der Waals surface area contributed by atoms with Crippen molar-refractivity contribution in [1.82, 2.24) is 0 Å². The molecule has 1 unspecified atom stereocenters. The molecule has 0 saturated carbocycles. The van der Waals surface area contributed by atoms with Gasteiger partial charge in [0.15, 0.2) is 6.10 Å². The highest BCUT2D eigenvalue weighted by Gasteiger charge is 2.23. The van der Waals surface area contributed by atoms with Crippen molar-refractivity contribution >= 4 is 46.2 Å². The fourth-order valence-corrected chi connectivity index (χ4v) is 2.39. The first-order chi connectivity index (χ1) is 12.2. The molecule has 2 aromatic rings. The van der Waals surface area contributed by atoms with Crippen LogP contribution in [0.15, 0.2) is 36.4 Å². The fourth-order valence-electron chi connectivity index (χ4n) is 1.94. The van der Waals surface area contributed by atoms with Crippen molar-refractivity contribution in [3.8, 4) is 5.75 Å². The van der Waals surface area contributed by atoms with Gasteiger partial charge in [0.2, 0.25) is 0 Å². The molecule has 1 N–H and O–H groups in total. The van der Waals surface area contributed by atoms with Crippen molar-refractivity contribution in [3.05, 3.63) is 66.7 Å². The largest absolute Gasteiger partial charge is 0.479 e. The smallest absolute Gasteiger partial charge is 0.299 e. The molecule has 0 aliphatic carbocycles. The van der Waals surface area contributed by atoms with Crippen LogP contribution in [0.5, 0.6) is 5.75 Å². The zero-order chi connectivity index (χ0) is 19.4. The zero-order valence-corrected chi connectivity index (χ0v) is 14.7. The number of rotatable bonds is 6. The van der Waals surface area contributed by atoms with E-state index in [2.05, 4.69) is 5.32 Å². The summed E-state index contributed by atoms with van der Waals surface area (Å²) in [6.07, 6.45) is -1.05. The number of hydrogen-bond donors (Lipinski definition) is 1. The third kappa shape index (κ3) is 4.58. The molecular formula is C15H11Cl2N3O6. The molecule has 0 saturated heterocycles. The second-order valence-electron chi connectivity index (χ2n) is 5.04. The van der Waals surface area contributed by atoms with Crippen molar-refractivity contribution < 1.29 is 19.4 Å². The molecule has 0 fully saturated rings. The lowest BCUT2D eigenvalue weighted by Gasteiger charge is -2.15. The second-order valence-corrected chi connectivity index (χ2v) is 5.88. The molecule has 9 nitrogen and oxygen atoms in total. The summed E-state index contributed by atoms with van der Waals surface area (Å²) in [4.78, 5) is 32.4. The molecule has 136 valence electrons. The van der Waals surface area contributed by atoms with E-state index in [-0.39, 0.29) is 16.5 Å². The van der Waals surface area contributed by atoms with Gasteiger partial charge in [-0.2, -0.15) is 0 Å². The number of hydrogen-bond acceptors (Lipinski definition) is 6. The number of non-ortho nitro benzene ring substituents is 1. The number of nitrogens with one attached hydrogen (secondary N) is 1. The van der Waals surface area contributed by atoms with Crippen LogP contribution in [0, 0.1) is 20.2 Å². The average Bonchev–Trinajstić information content (AvgIpc) is 2.57. The molecule has 2 rings (SSSR count). The molecule has 0 aliphatic rings. The summed E-state index contributed by atoms with van der Waals surface area (Å²) in [6, 6.07) is 7.32. The van der Waals surface area contributed by atoms with Crippen molar-refractivity contribution in [2.45, 2.75) is 13.0 Å². The lowest BCUT2D eigenvalue weighted by molar-refractivity contribution is -0.393. The van der Waals surface area contributed by atoms with Crippen LogP contribution >= 0.6 is 23.2 Å². The monoisotopic (exact) mass is 399 g/mol. The molecular weight excluding hydrogens is 389 g/mol. The Morgan fingerprint density at radius 3 is 2.38 bits per heavy atom. The van der Waals surface area contributed by atoms with Crippen LogP contribution < -0.4 is 10.1 Å². The number of carbonyl (C=O) groups excluding carboxylic acids is 1. The number of nitro benzene ring substituents is 2. The van der Waals surface area contributed by atoms with Gasteiger partial charge >= 0.3 is 0 Å². The Hall–Kier alpha value is -2.91. The first kappa shape index (κ1) is 19.4. The molecule has 0 aromatic heterocycles. The maximum Gasteiger partial charge on any atom is 0.299 e. The van der Waals surface area contributed by atoms with Gasteiger partial charge in [0.05, 0.1) is 20.9 Å². The number of nitro groups is 2. The average molecular weight is 400 g/mol. The Morgan fingerprint density at radius 2 is 1.81 bits per heavy atom. The summed E-state index contributed by atoms with van der Waals surface area (Å²) >= 11 is 11.7. The third-order valence-corrected chi connectivity index (χ3v) is 3.74. The number of halogens is 2. The molecule has 0 bridgehead atoms. The van der Waals surface area contributed by atoms with Crippen LogP contribution in [0.2, 0.25) is 10.0 Å². The van der Waals surface area contributed by atoms with E-state index in [0.717, 1.165) is 18.2 Å². The maximum absolute atomic E-state index is 12.2. The van der Waals surface area contributed by atoms with Crippen molar-refractivity contribution in [3.63, 3.8) is 0 Å². The lowest BCUT2D eigenvalue weighted by atomic mass is 10.2. The van der Waals surface area contributed by atoms with Gasteiger partial charge in [-0.25, -0.2) is 0 Å². The number of benzene rings is 2. The molecule has 0 aliphatic heterocycles. The predicted octanol–water partition coefficient (Wildman–Crippen LogP) is 4.22. The summed E-state index contributed by atoms with van der Waals surface area (Å²) in [6.45, 7) is 1.41. The van der Waals surface area contributed by atoms with Crippen LogP contribution in [0.25, 0.3) is 0 Å². The van der Waals surface area contributed by atoms with Gasteiger partial charge in [0.25, 0.3) is 17.3 Å². The molecule has 26 heavy (non-hydrogen) atoms. The number of nitrogens with zero attached hydrogens (tertiary/aromatic N) is 2. The Bertz CT molecular complexity index is 890. The minimum absolute atomic E-state index is 0.191. The first-order valence-electron chi connectivity index (χ1n) is 7.04. The van der Waals surface area contributed by atoms with Gasteiger partial charge in [0, 0.05) is 11.1 Å². The van der Waals surface area contributed by atoms with Gasteiger partial charge in [-0.1, -0.05) is 23.2 Å². The van der Waals surface area contributed by atoms with Crippen LogP contribution in [0.4, 0.5) is 17.1 Å². The fraction of sp³-hybridized carbons (Fsp3) is 0.133.